The molecule has 182 valence electrons. The minimum absolute atomic E-state index is 0.0851. The highest BCUT2D eigenvalue weighted by atomic mass is 19.1. The number of nitrogens with zero attached hydrogens (tertiary/aromatic N) is 5. The van der Waals surface area contributed by atoms with Crippen LogP contribution in [0.15, 0.2) is 41.1 Å². The molecule has 0 spiro atoms. The van der Waals surface area contributed by atoms with Gasteiger partial charge in [-0.05, 0) is 24.6 Å². The number of ether oxygens (including phenoxy) is 1. The first-order chi connectivity index (χ1) is 16.2. The molecular weight excluding hydrogens is 444 g/mol. The van der Waals surface area contributed by atoms with Crippen molar-refractivity contribution >= 4 is 5.91 Å². The highest BCUT2D eigenvalue weighted by molar-refractivity contribution is 5.92. The summed E-state index contributed by atoms with van der Waals surface area (Å²) in [6, 6.07) is 4.69. The van der Waals surface area contributed by atoms with Gasteiger partial charge in [0, 0.05) is 43.9 Å². The lowest BCUT2D eigenvalue weighted by molar-refractivity contribution is 0.0752. The number of aromatic nitrogens is 3. The maximum atomic E-state index is 13.7. The fourth-order valence-corrected chi connectivity index (χ4v) is 3.69. The Morgan fingerprint density at radius 3 is 2.71 bits per heavy atom. The van der Waals surface area contributed by atoms with Crippen LogP contribution in [0.5, 0.6) is 5.75 Å². The number of oxazole rings is 1. The van der Waals surface area contributed by atoms with Crippen LogP contribution >= 0.6 is 0 Å². The first-order valence-corrected chi connectivity index (χ1v) is 11.3. The van der Waals surface area contributed by atoms with Gasteiger partial charge in [0.1, 0.15) is 11.6 Å². The molecule has 0 aliphatic carbocycles. The third kappa shape index (κ3) is 5.80. The van der Waals surface area contributed by atoms with Gasteiger partial charge in [-0.2, -0.15) is 5.10 Å². The number of carbonyl (C=O) groups is 1. The number of rotatable bonds is 6. The zero-order valence-corrected chi connectivity index (χ0v) is 19.6. The molecule has 1 aliphatic heterocycles. The van der Waals surface area contributed by atoms with Gasteiger partial charge in [0.25, 0.3) is 5.91 Å². The van der Waals surface area contributed by atoms with Gasteiger partial charge in [-0.3, -0.25) is 9.69 Å². The molecule has 8 nitrogen and oxygen atoms in total. The Balaban J connectivity index is 1.30. The van der Waals surface area contributed by atoms with Gasteiger partial charge in [0.05, 0.1) is 12.7 Å². The lowest BCUT2D eigenvalue weighted by atomic mass is 9.94. The molecule has 0 bridgehead atoms. The second-order valence-electron chi connectivity index (χ2n) is 9.38. The van der Waals surface area contributed by atoms with E-state index in [2.05, 4.69) is 35.8 Å². The number of hydrogen-bond acceptors (Lipinski definition) is 6. The molecule has 3 heterocycles. The zero-order chi connectivity index (χ0) is 24.3. The van der Waals surface area contributed by atoms with Crippen LogP contribution in [0.4, 0.5) is 8.78 Å². The Morgan fingerprint density at radius 1 is 1.15 bits per heavy atom. The van der Waals surface area contributed by atoms with Crippen molar-refractivity contribution in [3.63, 3.8) is 0 Å². The van der Waals surface area contributed by atoms with Gasteiger partial charge in [0.2, 0.25) is 5.89 Å². The molecule has 10 heteroatoms. The third-order valence-corrected chi connectivity index (χ3v) is 5.63. The fraction of sp³-hybridized carbons (Fsp3) is 0.458. The van der Waals surface area contributed by atoms with Gasteiger partial charge in [-0.25, -0.2) is 18.4 Å². The first-order valence-electron chi connectivity index (χ1n) is 11.3. The van der Waals surface area contributed by atoms with Crippen molar-refractivity contribution in [3.8, 4) is 5.75 Å². The topological polar surface area (TPSA) is 76.6 Å². The van der Waals surface area contributed by atoms with E-state index in [-0.39, 0.29) is 23.8 Å². The van der Waals surface area contributed by atoms with E-state index in [4.69, 9.17) is 9.15 Å². The first kappa shape index (κ1) is 23.9. The quantitative estimate of drug-likeness (QED) is 0.542. The fourth-order valence-electron chi connectivity index (χ4n) is 3.69. The molecule has 0 radical (unpaired) electrons. The van der Waals surface area contributed by atoms with Crippen LogP contribution in [0.3, 0.4) is 0 Å². The van der Waals surface area contributed by atoms with E-state index in [1.165, 1.54) is 10.7 Å². The monoisotopic (exact) mass is 473 g/mol. The summed E-state index contributed by atoms with van der Waals surface area (Å²) in [7, 11) is 0. The van der Waals surface area contributed by atoms with Crippen LogP contribution in [-0.2, 0) is 18.7 Å². The van der Waals surface area contributed by atoms with Gasteiger partial charge in [-0.15, -0.1) is 0 Å². The van der Waals surface area contributed by atoms with Crippen molar-refractivity contribution in [2.24, 2.45) is 0 Å². The van der Waals surface area contributed by atoms with E-state index >= 15 is 0 Å². The van der Waals surface area contributed by atoms with E-state index in [9.17, 15) is 13.6 Å². The largest absolute Gasteiger partial charge is 0.468 e. The number of carbonyl (C=O) groups excluding carboxylic acids is 1. The number of benzene rings is 1. The average molecular weight is 474 g/mol. The summed E-state index contributed by atoms with van der Waals surface area (Å²) < 4.78 is 39.4. The van der Waals surface area contributed by atoms with Crippen molar-refractivity contribution in [1.82, 2.24) is 24.6 Å². The van der Waals surface area contributed by atoms with Gasteiger partial charge in [-0.1, -0.05) is 20.8 Å². The van der Waals surface area contributed by atoms with Crippen molar-refractivity contribution in [2.45, 2.75) is 45.9 Å². The second kappa shape index (κ2) is 9.92. The SMILES string of the molecule is CC(C)(C)c1cnc(CN2CCCN(C(=O)c3ccn(COc4ccc(F)cc4F)n3)CC2)o1. The molecule has 0 unspecified atom stereocenters. The van der Waals surface area contributed by atoms with Crippen molar-refractivity contribution in [1.29, 1.82) is 0 Å². The molecule has 1 aromatic carbocycles. The normalized spacial score (nSPS) is 15.4. The lowest BCUT2D eigenvalue weighted by Crippen LogP contribution is -2.35. The van der Waals surface area contributed by atoms with Crippen molar-refractivity contribution in [2.75, 3.05) is 26.2 Å². The third-order valence-electron chi connectivity index (χ3n) is 5.63. The molecule has 1 aliphatic rings. The number of hydrogen-bond donors (Lipinski definition) is 0. The molecule has 0 atom stereocenters. The van der Waals surface area contributed by atoms with Crippen LogP contribution in [-0.4, -0.2) is 56.7 Å². The second-order valence-corrected chi connectivity index (χ2v) is 9.38. The lowest BCUT2D eigenvalue weighted by Gasteiger charge is -2.20. The van der Waals surface area contributed by atoms with Crippen molar-refractivity contribution in [3.05, 3.63) is 65.6 Å². The molecule has 1 saturated heterocycles. The van der Waals surface area contributed by atoms with Gasteiger partial charge in [0.15, 0.2) is 24.0 Å². The molecule has 1 amide bonds. The highest BCUT2D eigenvalue weighted by Gasteiger charge is 2.24. The van der Waals surface area contributed by atoms with E-state index in [0.717, 1.165) is 30.9 Å². The molecule has 0 N–H and O–H groups in total. The minimum Gasteiger partial charge on any atom is -0.468 e. The van der Waals surface area contributed by atoms with Crippen LogP contribution in [0.25, 0.3) is 0 Å². The van der Waals surface area contributed by atoms with E-state index in [0.29, 0.717) is 37.8 Å². The summed E-state index contributed by atoms with van der Waals surface area (Å²) in [5, 5.41) is 4.26. The van der Waals surface area contributed by atoms with Gasteiger partial charge < -0.3 is 14.1 Å². The maximum absolute atomic E-state index is 13.7. The van der Waals surface area contributed by atoms with Gasteiger partial charge >= 0.3 is 0 Å². The zero-order valence-electron chi connectivity index (χ0n) is 19.6. The summed E-state index contributed by atoms with van der Waals surface area (Å²) in [6.07, 6.45) is 4.20. The molecule has 34 heavy (non-hydrogen) atoms. The molecule has 0 saturated carbocycles. The average Bonchev–Trinajstić information content (AvgIpc) is 3.38. The predicted octanol–water partition coefficient (Wildman–Crippen LogP) is 3.83. The van der Waals surface area contributed by atoms with Crippen LogP contribution in [0.2, 0.25) is 0 Å². The molecule has 1 fully saturated rings. The summed E-state index contributed by atoms with van der Waals surface area (Å²) in [5.74, 6) is -0.186. The molecular formula is C24H29F2N5O3. The van der Waals surface area contributed by atoms with E-state index in [1.54, 1.807) is 23.4 Å². The van der Waals surface area contributed by atoms with E-state index in [1.807, 2.05) is 0 Å². The summed E-state index contributed by atoms with van der Waals surface area (Å²) >= 11 is 0. The minimum atomic E-state index is -0.794. The standard InChI is InChI=1S/C24H29F2N5O3/c1-24(2,3)21-14-27-22(34-21)15-29-8-4-9-30(12-11-29)23(32)19-7-10-31(28-19)16-33-20-6-5-17(25)13-18(20)26/h5-7,10,13-14H,4,8-9,11-12,15-16H2,1-3H3. The number of halogens is 2. The van der Waals surface area contributed by atoms with E-state index < -0.39 is 11.6 Å². The Morgan fingerprint density at radius 2 is 1.97 bits per heavy atom. The summed E-state index contributed by atoms with van der Waals surface area (Å²) in [4.78, 5) is 21.4. The highest BCUT2D eigenvalue weighted by Crippen LogP contribution is 2.23. The van der Waals surface area contributed by atoms with Crippen molar-refractivity contribution < 1.29 is 22.7 Å². The number of amides is 1. The maximum Gasteiger partial charge on any atom is 0.274 e. The Labute approximate surface area is 197 Å². The Kier molecular flexibility index (Phi) is 6.97. The molecule has 3 aromatic rings. The van der Waals surface area contributed by atoms with Crippen LogP contribution in [0, 0.1) is 11.6 Å². The Bertz CT molecular complexity index is 1140. The van der Waals surface area contributed by atoms with Crippen LogP contribution < -0.4 is 4.74 Å². The smallest absolute Gasteiger partial charge is 0.274 e. The van der Waals surface area contributed by atoms with Crippen LogP contribution in [0.1, 0.15) is 49.3 Å². The predicted molar refractivity (Wildman–Crippen MR) is 120 cm³/mol. The summed E-state index contributed by atoms with van der Waals surface area (Å²) in [5.41, 5.74) is 0.202. The summed E-state index contributed by atoms with van der Waals surface area (Å²) in [6.45, 7) is 9.48. The molecule has 4 rings (SSSR count). The Hall–Kier alpha value is -3.27. The molecule has 2 aromatic heterocycles.